The van der Waals surface area contributed by atoms with Gasteiger partial charge in [0.2, 0.25) is 0 Å². The van der Waals surface area contributed by atoms with Gasteiger partial charge in [-0.15, -0.1) is 0 Å². The monoisotopic (exact) mass is 342 g/mol. The zero-order chi connectivity index (χ0) is 18.4. The second-order valence-corrected chi connectivity index (χ2v) is 7.27. The minimum Gasteiger partial charge on any atom is -0.382 e. The highest BCUT2D eigenvalue weighted by atomic mass is 16.4. The maximum atomic E-state index is 11.3. The van der Waals surface area contributed by atoms with Crippen molar-refractivity contribution >= 4 is 21.5 Å². The number of hydrogen-bond acceptors (Lipinski definition) is 2. The summed E-state index contributed by atoms with van der Waals surface area (Å²) in [6, 6.07) is 27.7. The number of hydrogen-bond donors (Lipinski definition) is 2. The third-order valence-corrected chi connectivity index (χ3v) is 5.57. The Morgan fingerprint density at radius 2 is 0.846 bits per heavy atom. The molecule has 2 heteroatoms. The molecule has 0 radical (unpaired) electrons. The largest absolute Gasteiger partial charge is 0.382 e. The van der Waals surface area contributed by atoms with E-state index in [1.54, 1.807) is 13.8 Å². The molecule has 2 N–H and O–H groups in total. The van der Waals surface area contributed by atoms with Gasteiger partial charge in [-0.25, -0.2) is 0 Å². The summed E-state index contributed by atoms with van der Waals surface area (Å²) in [5.74, 6) is 0. The fourth-order valence-electron chi connectivity index (χ4n) is 3.55. The highest BCUT2D eigenvalue weighted by Gasteiger charge is 2.44. The summed E-state index contributed by atoms with van der Waals surface area (Å²) < 4.78 is 0. The van der Waals surface area contributed by atoms with Crippen molar-refractivity contribution in [3.05, 3.63) is 96.1 Å². The highest BCUT2D eigenvalue weighted by Crippen LogP contribution is 2.41. The van der Waals surface area contributed by atoms with E-state index in [1.807, 2.05) is 84.9 Å². The lowest BCUT2D eigenvalue weighted by atomic mass is 9.75. The molecule has 0 aliphatic heterocycles. The molecule has 2 atom stereocenters. The maximum Gasteiger partial charge on any atom is 0.119 e. The molecule has 4 rings (SSSR count). The van der Waals surface area contributed by atoms with Crippen molar-refractivity contribution in [2.24, 2.45) is 0 Å². The van der Waals surface area contributed by atoms with Crippen LogP contribution in [-0.2, 0) is 11.2 Å². The summed E-state index contributed by atoms with van der Waals surface area (Å²) in [5, 5.41) is 27.0. The number of benzene rings is 4. The van der Waals surface area contributed by atoms with E-state index < -0.39 is 11.2 Å². The second kappa shape index (κ2) is 5.94. The van der Waals surface area contributed by atoms with Crippen LogP contribution in [0, 0.1) is 0 Å². The average Bonchev–Trinajstić information content (AvgIpc) is 2.67. The molecule has 4 aromatic carbocycles. The smallest absolute Gasteiger partial charge is 0.119 e. The first kappa shape index (κ1) is 16.8. The van der Waals surface area contributed by atoms with E-state index in [-0.39, 0.29) is 0 Å². The molecule has 130 valence electrons. The van der Waals surface area contributed by atoms with Crippen molar-refractivity contribution in [3.63, 3.8) is 0 Å². The lowest BCUT2D eigenvalue weighted by Crippen LogP contribution is -2.45. The van der Waals surface area contributed by atoms with Crippen LogP contribution in [0.1, 0.15) is 25.0 Å². The Labute approximate surface area is 153 Å². The molecule has 0 fully saturated rings. The Balaban J connectivity index is 1.82. The third-order valence-electron chi connectivity index (χ3n) is 5.57. The number of aliphatic hydroxyl groups is 2. The molecule has 0 heterocycles. The topological polar surface area (TPSA) is 40.5 Å². The van der Waals surface area contributed by atoms with Crippen molar-refractivity contribution in [1.29, 1.82) is 0 Å². The Morgan fingerprint density at radius 3 is 1.23 bits per heavy atom. The molecule has 0 aliphatic carbocycles. The third kappa shape index (κ3) is 2.59. The van der Waals surface area contributed by atoms with Crippen LogP contribution in [0.2, 0.25) is 0 Å². The molecule has 0 spiro atoms. The summed E-state index contributed by atoms with van der Waals surface area (Å²) in [7, 11) is 0. The van der Waals surface area contributed by atoms with Gasteiger partial charge in [-0.2, -0.15) is 0 Å². The van der Waals surface area contributed by atoms with Crippen molar-refractivity contribution in [3.8, 4) is 0 Å². The molecular weight excluding hydrogens is 320 g/mol. The lowest BCUT2D eigenvalue weighted by Gasteiger charge is -2.39. The SMILES string of the molecule is C[C@](O)(c1ccc2ccccc2c1)[C@@](C)(O)c1ccc2ccccc2c1. The van der Waals surface area contributed by atoms with E-state index in [0.29, 0.717) is 11.1 Å². The Bertz CT molecular complexity index is 1000. The van der Waals surface area contributed by atoms with Gasteiger partial charge < -0.3 is 10.2 Å². The van der Waals surface area contributed by atoms with E-state index in [1.165, 1.54) is 0 Å². The van der Waals surface area contributed by atoms with Crippen molar-refractivity contribution in [1.82, 2.24) is 0 Å². The van der Waals surface area contributed by atoms with Crippen LogP contribution in [0.3, 0.4) is 0 Å². The number of fused-ring (bicyclic) bond motifs is 2. The Morgan fingerprint density at radius 1 is 0.500 bits per heavy atom. The van der Waals surface area contributed by atoms with E-state index in [0.717, 1.165) is 21.5 Å². The zero-order valence-corrected chi connectivity index (χ0v) is 15.0. The predicted molar refractivity (Wildman–Crippen MR) is 107 cm³/mol. The molecule has 0 amide bonds. The summed E-state index contributed by atoms with van der Waals surface area (Å²) >= 11 is 0. The van der Waals surface area contributed by atoms with Gasteiger partial charge in [0.25, 0.3) is 0 Å². The van der Waals surface area contributed by atoms with E-state index in [2.05, 4.69) is 0 Å². The summed E-state index contributed by atoms with van der Waals surface area (Å²) in [4.78, 5) is 0. The van der Waals surface area contributed by atoms with Crippen LogP contribution in [-0.4, -0.2) is 10.2 Å². The van der Waals surface area contributed by atoms with E-state index in [9.17, 15) is 10.2 Å². The normalized spacial score (nSPS) is 16.3. The van der Waals surface area contributed by atoms with E-state index in [4.69, 9.17) is 0 Å². The molecule has 4 aromatic rings. The standard InChI is InChI=1S/C24H22O2/c1-23(25,21-13-11-17-7-3-5-9-19(17)15-21)24(2,26)22-14-12-18-8-4-6-10-20(18)16-22/h3-16,25-26H,1-2H3/t23-,24-/m0/s1. The van der Waals surface area contributed by atoms with Crippen LogP contribution in [0.15, 0.2) is 84.9 Å². The lowest BCUT2D eigenvalue weighted by molar-refractivity contribution is -0.143. The van der Waals surface area contributed by atoms with Crippen LogP contribution >= 0.6 is 0 Å². The maximum absolute atomic E-state index is 11.3. The van der Waals surface area contributed by atoms with Gasteiger partial charge in [0.15, 0.2) is 0 Å². The van der Waals surface area contributed by atoms with Crippen molar-refractivity contribution < 1.29 is 10.2 Å². The minimum atomic E-state index is -1.44. The molecule has 0 aliphatic rings. The van der Waals surface area contributed by atoms with Gasteiger partial charge in [-0.05, 0) is 58.7 Å². The Kier molecular flexibility index (Phi) is 3.83. The average molecular weight is 342 g/mol. The summed E-state index contributed by atoms with van der Waals surface area (Å²) in [6.07, 6.45) is 0. The van der Waals surface area contributed by atoms with E-state index >= 15 is 0 Å². The van der Waals surface area contributed by atoms with Gasteiger partial charge in [-0.3, -0.25) is 0 Å². The van der Waals surface area contributed by atoms with Gasteiger partial charge in [0.1, 0.15) is 11.2 Å². The molecule has 2 nitrogen and oxygen atoms in total. The minimum absolute atomic E-state index is 0.689. The zero-order valence-electron chi connectivity index (χ0n) is 15.0. The van der Waals surface area contributed by atoms with Crippen LogP contribution in [0.5, 0.6) is 0 Å². The van der Waals surface area contributed by atoms with Crippen LogP contribution in [0.25, 0.3) is 21.5 Å². The molecule has 0 bridgehead atoms. The molecule has 0 unspecified atom stereocenters. The van der Waals surface area contributed by atoms with Crippen LogP contribution in [0.4, 0.5) is 0 Å². The van der Waals surface area contributed by atoms with Crippen molar-refractivity contribution in [2.75, 3.05) is 0 Å². The van der Waals surface area contributed by atoms with Gasteiger partial charge in [-0.1, -0.05) is 72.8 Å². The fraction of sp³-hybridized carbons (Fsp3) is 0.167. The quantitative estimate of drug-likeness (QED) is 0.543. The Hall–Kier alpha value is -2.68. The van der Waals surface area contributed by atoms with Gasteiger partial charge in [0.05, 0.1) is 0 Å². The number of rotatable bonds is 3. The first-order valence-electron chi connectivity index (χ1n) is 8.83. The first-order valence-corrected chi connectivity index (χ1v) is 8.83. The molecular formula is C24H22O2. The van der Waals surface area contributed by atoms with Gasteiger partial charge in [0, 0.05) is 0 Å². The van der Waals surface area contributed by atoms with Crippen LogP contribution < -0.4 is 0 Å². The molecule has 26 heavy (non-hydrogen) atoms. The summed E-state index contributed by atoms with van der Waals surface area (Å²) in [6.45, 7) is 3.35. The fourth-order valence-corrected chi connectivity index (χ4v) is 3.55. The molecule has 0 aromatic heterocycles. The first-order chi connectivity index (χ1) is 12.4. The second-order valence-electron chi connectivity index (χ2n) is 7.27. The molecule has 0 saturated heterocycles. The highest BCUT2D eigenvalue weighted by molar-refractivity contribution is 5.84. The molecule has 0 saturated carbocycles. The predicted octanol–water partition coefficient (Wildman–Crippen LogP) is 5.11. The van der Waals surface area contributed by atoms with Gasteiger partial charge >= 0.3 is 0 Å². The summed E-state index contributed by atoms with van der Waals surface area (Å²) in [5.41, 5.74) is -1.51. The van der Waals surface area contributed by atoms with Crippen molar-refractivity contribution in [2.45, 2.75) is 25.0 Å².